The number of carbonyl (C=O) groups excluding carboxylic acids is 1. The highest BCUT2D eigenvalue weighted by atomic mass is 32.1. The lowest BCUT2D eigenvalue weighted by Gasteiger charge is -2.06. The van der Waals surface area contributed by atoms with Crippen LogP contribution in [0.15, 0.2) is 24.3 Å². The molecule has 0 fully saturated rings. The molecular formula is C16H13F3N6OS. The van der Waals surface area contributed by atoms with Crippen LogP contribution < -0.4 is 5.32 Å². The number of nitrogens with zero attached hydrogens (tertiary/aromatic N) is 5. The van der Waals surface area contributed by atoms with Gasteiger partial charge in [0, 0.05) is 4.88 Å². The zero-order valence-corrected chi connectivity index (χ0v) is 14.6. The lowest BCUT2D eigenvalue weighted by Crippen LogP contribution is -2.14. The SMILES string of the molecule is O=C(Nc1nc2c(s1)CCCC2)c1nnn(-c2ccc(C(F)(F)F)cc2)n1. The molecule has 2 heterocycles. The van der Waals surface area contributed by atoms with Gasteiger partial charge in [-0.2, -0.15) is 13.2 Å². The largest absolute Gasteiger partial charge is 0.416 e. The number of benzene rings is 1. The minimum atomic E-state index is -4.42. The van der Waals surface area contributed by atoms with Gasteiger partial charge in [-0.25, -0.2) is 4.98 Å². The molecule has 0 bridgehead atoms. The Hall–Kier alpha value is -2.82. The van der Waals surface area contributed by atoms with Gasteiger partial charge in [0.25, 0.3) is 11.7 Å². The Balaban J connectivity index is 1.48. The number of nitrogens with one attached hydrogen (secondary N) is 1. The number of aryl methyl sites for hydroxylation is 2. The van der Waals surface area contributed by atoms with Crippen molar-refractivity contribution in [2.24, 2.45) is 0 Å². The minimum absolute atomic E-state index is 0.192. The van der Waals surface area contributed by atoms with E-state index in [0.717, 1.165) is 48.3 Å². The number of anilines is 1. The van der Waals surface area contributed by atoms with E-state index in [0.29, 0.717) is 5.13 Å². The quantitative estimate of drug-likeness (QED) is 0.737. The third-order valence-corrected chi connectivity index (χ3v) is 5.18. The van der Waals surface area contributed by atoms with E-state index in [2.05, 4.69) is 25.7 Å². The molecule has 0 spiro atoms. The summed E-state index contributed by atoms with van der Waals surface area (Å²) in [6.07, 6.45) is -0.347. The van der Waals surface area contributed by atoms with Gasteiger partial charge in [-0.05, 0) is 55.2 Å². The average Bonchev–Trinajstić information content (AvgIpc) is 3.27. The third-order valence-electron chi connectivity index (χ3n) is 4.11. The fourth-order valence-corrected chi connectivity index (χ4v) is 3.80. The fraction of sp³-hybridized carbons (Fsp3) is 0.312. The Morgan fingerprint density at radius 3 is 2.59 bits per heavy atom. The molecule has 27 heavy (non-hydrogen) atoms. The van der Waals surface area contributed by atoms with E-state index in [4.69, 9.17) is 0 Å². The molecule has 140 valence electrons. The van der Waals surface area contributed by atoms with Crippen molar-refractivity contribution in [3.63, 3.8) is 0 Å². The van der Waals surface area contributed by atoms with E-state index in [-0.39, 0.29) is 11.5 Å². The molecule has 0 saturated heterocycles. The maximum atomic E-state index is 12.6. The van der Waals surface area contributed by atoms with Crippen molar-refractivity contribution < 1.29 is 18.0 Å². The highest BCUT2D eigenvalue weighted by Crippen LogP contribution is 2.30. The van der Waals surface area contributed by atoms with Gasteiger partial charge in [-0.1, -0.05) is 0 Å². The van der Waals surface area contributed by atoms with Crippen molar-refractivity contribution in [1.29, 1.82) is 0 Å². The van der Waals surface area contributed by atoms with Crippen molar-refractivity contribution in [1.82, 2.24) is 25.2 Å². The minimum Gasteiger partial charge on any atom is -0.295 e. The summed E-state index contributed by atoms with van der Waals surface area (Å²) in [7, 11) is 0. The summed E-state index contributed by atoms with van der Waals surface area (Å²) >= 11 is 1.43. The highest BCUT2D eigenvalue weighted by Gasteiger charge is 2.30. The fourth-order valence-electron chi connectivity index (χ4n) is 2.76. The first kappa shape index (κ1) is 17.6. The molecular weight excluding hydrogens is 381 g/mol. The molecule has 0 radical (unpaired) electrons. The molecule has 1 aliphatic rings. The molecule has 0 unspecified atom stereocenters. The van der Waals surface area contributed by atoms with E-state index in [1.165, 1.54) is 28.3 Å². The molecule has 1 aliphatic carbocycles. The maximum absolute atomic E-state index is 12.6. The first-order chi connectivity index (χ1) is 12.9. The van der Waals surface area contributed by atoms with Gasteiger partial charge in [0.2, 0.25) is 0 Å². The van der Waals surface area contributed by atoms with Crippen LogP contribution in [-0.4, -0.2) is 31.1 Å². The van der Waals surface area contributed by atoms with E-state index in [1.54, 1.807) is 0 Å². The summed E-state index contributed by atoms with van der Waals surface area (Å²) in [6.45, 7) is 0. The molecule has 1 amide bonds. The maximum Gasteiger partial charge on any atom is 0.416 e. The number of thiazole rings is 1. The number of halogens is 3. The summed E-state index contributed by atoms with van der Waals surface area (Å²) < 4.78 is 37.8. The molecule has 4 rings (SSSR count). The Morgan fingerprint density at radius 1 is 1.15 bits per heavy atom. The van der Waals surface area contributed by atoms with E-state index < -0.39 is 17.6 Å². The topological polar surface area (TPSA) is 85.6 Å². The van der Waals surface area contributed by atoms with Crippen LogP contribution in [0.3, 0.4) is 0 Å². The molecule has 7 nitrogen and oxygen atoms in total. The van der Waals surface area contributed by atoms with Crippen LogP contribution in [0, 0.1) is 0 Å². The third kappa shape index (κ3) is 3.68. The number of rotatable bonds is 3. The van der Waals surface area contributed by atoms with E-state index in [9.17, 15) is 18.0 Å². The summed E-state index contributed by atoms with van der Waals surface area (Å²) in [5.74, 6) is -0.762. The number of tetrazole rings is 1. The van der Waals surface area contributed by atoms with Gasteiger partial charge in [-0.3, -0.25) is 10.1 Å². The zero-order chi connectivity index (χ0) is 19.0. The van der Waals surface area contributed by atoms with Gasteiger partial charge >= 0.3 is 6.18 Å². The molecule has 11 heteroatoms. The van der Waals surface area contributed by atoms with Gasteiger partial charge < -0.3 is 0 Å². The summed E-state index contributed by atoms with van der Waals surface area (Å²) in [4.78, 5) is 18.9. The van der Waals surface area contributed by atoms with Crippen molar-refractivity contribution in [3.05, 3.63) is 46.2 Å². The molecule has 1 aromatic carbocycles. The van der Waals surface area contributed by atoms with Gasteiger partial charge in [0.15, 0.2) is 5.13 Å². The van der Waals surface area contributed by atoms with Crippen molar-refractivity contribution >= 4 is 22.4 Å². The van der Waals surface area contributed by atoms with Gasteiger partial charge in [0.1, 0.15) is 0 Å². The lowest BCUT2D eigenvalue weighted by molar-refractivity contribution is -0.137. The van der Waals surface area contributed by atoms with E-state index in [1.807, 2.05) is 0 Å². The number of aromatic nitrogens is 5. The second kappa shape index (κ2) is 6.72. The first-order valence-corrected chi connectivity index (χ1v) is 8.99. The first-order valence-electron chi connectivity index (χ1n) is 8.18. The van der Waals surface area contributed by atoms with Gasteiger partial charge in [0.05, 0.1) is 16.9 Å². The normalized spacial score (nSPS) is 14.0. The molecule has 3 aromatic rings. The molecule has 1 N–H and O–H groups in total. The number of amides is 1. The van der Waals surface area contributed by atoms with Crippen LogP contribution in [0.25, 0.3) is 5.69 Å². The van der Waals surface area contributed by atoms with Crippen molar-refractivity contribution in [2.75, 3.05) is 5.32 Å². The number of hydrogen-bond donors (Lipinski definition) is 1. The van der Waals surface area contributed by atoms with Crippen molar-refractivity contribution in [3.8, 4) is 5.69 Å². The molecule has 0 saturated carbocycles. The summed E-state index contributed by atoms with van der Waals surface area (Å²) in [6, 6.07) is 4.25. The van der Waals surface area contributed by atoms with E-state index >= 15 is 0 Å². The Bertz CT molecular complexity index is 955. The van der Waals surface area contributed by atoms with Crippen LogP contribution >= 0.6 is 11.3 Å². The zero-order valence-electron chi connectivity index (χ0n) is 13.8. The molecule has 0 aliphatic heterocycles. The second-order valence-electron chi connectivity index (χ2n) is 6.00. The second-order valence-corrected chi connectivity index (χ2v) is 7.08. The smallest absolute Gasteiger partial charge is 0.295 e. The predicted octanol–water partition coefficient (Wildman–Crippen LogP) is 3.27. The average molecular weight is 394 g/mol. The van der Waals surface area contributed by atoms with Crippen LogP contribution in [0.1, 0.15) is 39.6 Å². The Kier molecular flexibility index (Phi) is 4.38. The van der Waals surface area contributed by atoms with Crippen LogP contribution in [0.4, 0.5) is 18.3 Å². The Labute approximate surface area is 155 Å². The number of hydrogen-bond acceptors (Lipinski definition) is 6. The number of alkyl halides is 3. The number of carbonyl (C=O) groups is 1. The lowest BCUT2D eigenvalue weighted by atomic mass is 10.0. The monoisotopic (exact) mass is 394 g/mol. The summed E-state index contributed by atoms with van der Waals surface area (Å²) in [5.41, 5.74) is 0.499. The number of fused-ring (bicyclic) bond motifs is 1. The standard InChI is InChI=1S/C16H13F3N6OS/c17-16(18,19)9-5-7-10(8-6-9)25-23-13(22-24-25)14(26)21-15-20-11-3-1-2-4-12(11)27-15/h5-8H,1-4H2,(H,20,21,26). The highest BCUT2D eigenvalue weighted by molar-refractivity contribution is 7.15. The molecule has 0 atom stereocenters. The summed E-state index contributed by atoms with van der Waals surface area (Å²) in [5, 5.41) is 14.5. The molecule has 2 aromatic heterocycles. The van der Waals surface area contributed by atoms with Crippen molar-refractivity contribution in [2.45, 2.75) is 31.9 Å². The van der Waals surface area contributed by atoms with Crippen LogP contribution in [-0.2, 0) is 19.0 Å². The predicted molar refractivity (Wildman–Crippen MR) is 90.9 cm³/mol. The van der Waals surface area contributed by atoms with Gasteiger partial charge in [-0.15, -0.1) is 26.3 Å². The Morgan fingerprint density at radius 2 is 1.89 bits per heavy atom. The van der Waals surface area contributed by atoms with Crippen LogP contribution in [0.5, 0.6) is 0 Å². The van der Waals surface area contributed by atoms with Crippen LogP contribution in [0.2, 0.25) is 0 Å².